The predicted molar refractivity (Wildman–Crippen MR) is 118 cm³/mol. The summed E-state index contributed by atoms with van der Waals surface area (Å²) in [5.41, 5.74) is 5.00. The van der Waals surface area contributed by atoms with Gasteiger partial charge in [-0.15, -0.1) is 0 Å². The zero-order chi connectivity index (χ0) is 25.6. The van der Waals surface area contributed by atoms with Crippen molar-refractivity contribution < 1.29 is 37.4 Å². The van der Waals surface area contributed by atoms with Gasteiger partial charge < -0.3 is 25.8 Å². The Morgan fingerprint density at radius 3 is 2.57 bits per heavy atom. The molecule has 0 radical (unpaired) electrons. The smallest absolute Gasteiger partial charge is 0.395 e. The average Bonchev–Trinajstić information content (AvgIpc) is 2.81. The molecule has 4 atom stereocenters. The quantitative estimate of drug-likeness (QED) is 0.213. The van der Waals surface area contributed by atoms with Gasteiger partial charge in [-0.1, -0.05) is 12.1 Å². The van der Waals surface area contributed by atoms with Gasteiger partial charge in [0.1, 0.15) is 0 Å². The monoisotopic (exact) mass is 504 g/mol. The molecule has 0 saturated carbocycles. The Kier molecular flexibility index (Phi) is 9.04. The molecule has 2 fully saturated rings. The Morgan fingerprint density at radius 2 is 2.03 bits per heavy atom. The van der Waals surface area contributed by atoms with E-state index in [2.05, 4.69) is 20.8 Å². The molecule has 2 aliphatic rings. The van der Waals surface area contributed by atoms with Crippen LogP contribution in [0.4, 0.5) is 13.2 Å². The lowest BCUT2D eigenvalue weighted by atomic mass is 9.95. The molecule has 0 aromatic heterocycles. The molecule has 35 heavy (non-hydrogen) atoms. The Bertz CT molecular complexity index is 868. The normalized spacial score (nSPS) is 24.4. The lowest BCUT2D eigenvalue weighted by molar-refractivity contribution is -0.228. The van der Waals surface area contributed by atoms with Crippen LogP contribution < -0.4 is 27.6 Å². The molecule has 1 aromatic carbocycles. The van der Waals surface area contributed by atoms with Crippen LogP contribution in [-0.4, -0.2) is 91.8 Å². The van der Waals surface area contributed by atoms with Gasteiger partial charge in [-0.05, 0) is 17.7 Å². The number of morpholine rings is 1. The highest BCUT2D eigenvalue weighted by molar-refractivity contribution is 5.94. The molecule has 0 aliphatic carbocycles. The minimum atomic E-state index is -4.75. The summed E-state index contributed by atoms with van der Waals surface area (Å²) < 4.78 is 44.4. The van der Waals surface area contributed by atoms with Crippen molar-refractivity contribution in [2.75, 3.05) is 46.0 Å². The van der Waals surface area contributed by atoms with E-state index in [-0.39, 0.29) is 43.3 Å². The molecule has 196 valence electrons. The van der Waals surface area contributed by atoms with Gasteiger partial charge in [0.05, 0.1) is 31.9 Å². The maximum Gasteiger partial charge on any atom is 0.418 e. The minimum absolute atomic E-state index is 0.0976. The fraction of sp³-hybridized carbons (Fsp3) is 0.619. The van der Waals surface area contributed by atoms with Crippen LogP contribution in [0.5, 0.6) is 0 Å². The number of carbonyl (C=O) groups excluding carboxylic acids is 2. The van der Waals surface area contributed by atoms with Crippen molar-refractivity contribution in [2.45, 2.75) is 36.4 Å². The maximum absolute atomic E-state index is 13.2. The number of aliphatic hydroxyl groups excluding tert-OH is 1. The second-order valence-corrected chi connectivity index (χ2v) is 8.42. The van der Waals surface area contributed by atoms with E-state index in [0.717, 1.165) is 0 Å². The number of halogens is 3. The summed E-state index contributed by atoms with van der Waals surface area (Å²) in [5.74, 6) is 4.11. The Labute approximate surface area is 200 Å². The van der Waals surface area contributed by atoms with Crippen LogP contribution in [-0.2, 0) is 14.4 Å². The lowest BCUT2D eigenvalue weighted by Crippen LogP contribution is -2.75. The van der Waals surface area contributed by atoms with Gasteiger partial charge in [-0.2, -0.15) is 13.2 Å². The fourth-order valence-electron chi connectivity index (χ4n) is 4.10. The standard InChI is InChI=1S/C21H31F3N6O5/c22-21(23,24)17(35-26)16(25)13-1-3-14(4-2-13)18(32)27-11-15-12-34-10-8-30(15)19(33)20(5-6-28-20)29-7-9-31/h1-4,15-17,28-29,31H,5-12,25-26H2,(H,27,32)/t15-,16-,17?,20?/m0/s1. The third kappa shape index (κ3) is 6.27. The molecule has 1 aromatic rings. The fourth-order valence-corrected chi connectivity index (χ4v) is 4.10. The molecular formula is C21H31F3N6O5. The average molecular weight is 505 g/mol. The number of nitrogens with two attached hydrogens (primary N) is 2. The Hall–Kier alpha value is -2.33. The number of rotatable bonds is 10. The summed E-state index contributed by atoms with van der Waals surface area (Å²) in [5, 5.41) is 18.0. The molecule has 2 amide bonds. The first-order chi connectivity index (χ1) is 16.6. The van der Waals surface area contributed by atoms with Gasteiger partial charge in [0.2, 0.25) is 0 Å². The third-order valence-corrected chi connectivity index (χ3v) is 6.17. The van der Waals surface area contributed by atoms with Gasteiger partial charge in [0, 0.05) is 38.2 Å². The van der Waals surface area contributed by atoms with Crippen LogP contribution in [0.25, 0.3) is 0 Å². The first-order valence-electron chi connectivity index (χ1n) is 11.2. The second-order valence-electron chi connectivity index (χ2n) is 8.42. The van der Waals surface area contributed by atoms with E-state index in [0.29, 0.717) is 26.1 Å². The van der Waals surface area contributed by atoms with Crippen LogP contribution in [0.3, 0.4) is 0 Å². The maximum atomic E-state index is 13.2. The van der Waals surface area contributed by atoms with Crippen LogP contribution in [0, 0.1) is 0 Å². The lowest BCUT2D eigenvalue weighted by Gasteiger charge is -2.47. The van der Waals surface area contributed by atoms with E-state index in [9.17, 15) is 22.8 Å². The molecule has 8 N–H and O–H groups in total. The van der Waals surface area contributed by atoms with E-state index in [1.165, 1.54) is 24.3 Å². The SMILES string of the molecule is NOC([C@@H](N)c1ccc(C(=O)NC[C@H]2COCCN2C(=O)C2(NCCO)CCN2)cc1)C(F)(F)F. The number of hydrogen-bond acceptors (Lipinski definition) is 9. The van der Waals surface area contributed by atoms with Gasteiger partial charge >= 0.3 is 6.18 Å². The molecule has 3 rings (SSSR count). The number of aliphatic hydroxyl groups is 1. The Balaban J connectivity index is 1.61. The summed E-state index contributed by atoms with van der Waals surface area (Å²) in [6.07, 6.45) is -6.57. The minimum Gasteiger partial charge on any atom is -0.395 e. The summed E-state index contributed by atoms with van der Waals surface area (Å²) in [4.78, 5) is 31.5. The van der Waals surface area contributed by atoms with Crippen molar-refractivity contribution >= 4 is 11.8 Å². The van der Waals surface area contributed by atoms with Gasteiger partial charge in [0.25, 0.3) is 11.8 Å². The van der Waals surface area contributed by atoms with Crippen LogP contribution in [0.2, 0.25) is 0 Å². The van der Waals surface area contributed by atoms with Crippen LogP contribution >= 0.6 is 0 Å². The van der Waals surface area contributed by atoms with Crippen molar-refractivity contribution in [3.63, 3.8) is 0 Å². The largest absolute Gasteiger partial charge is 0.418 e. The first-order valence-corrected chi connectivity index (χ1v) is 11.2. The van der Waals surface area contributed by atoms with Gasteiger partial charge in [0.15, 0.2) is 11.8 Å². The Morgan fingerprint density at radius 1 is 1.34 bits per heavy atom. The number of carbonyl (C=O) groups is 2. The number of benzene rings is 1. The number of nitrogens with one attached hydrogen (secondary N) is 3. The van der Waals surface area contributed by atoms with Gasteiger partial charge in [-0.25, -0.2) is 5.90 Å². The summed E-state index contributed by atoms with van der Waals surface area (Å²) >= 11 is 0. The highest BCUT2D eigenvalue weighted by Gasteiger charge is 2.48. The zero-order valence-corrected chi connectivity index (χ0v) is 19.0. The number of nitrogens with zero attached hydrogens (tertiary/aromatic N) is 1. The molecular weight excluding hydrogens is 473 g/mol. The molecule has 2 unspecified atom stereocenters. The van der Waals surface area contributed by atoms with Crippen molar-refractivity contribution in [2.24, 2.45) is 11.6 Å². The topological polar surface area (TPSA) is 164 Å². The summed E-state index contributed by atoms with van der Waals surface area (Å²) in [6, 6.07) is 3.31. The summed E-state index contributed by atoms with van der Waals surface area (Å²) in [7, 11) is 0. The predicted octanol–water partition coefficient (Wildman–Crippen LogP) is -1.26. The molecule has 0 bridgehead atoms. The highest BCUT2D eigenvalue weighted by atomic mass is 19.4. The molecule has 11 nitrogen and oxygen atoms in total. The van der Waals surface area contributed by atoms with E-state index in [1.807, 2.05) is 0 Å². The van der Waals surface area contributed by atoms with Crippen molar-refractivity contribution in [3.05, 3.63) is 35.4 Å². The van der Waals surface area contributed by atoms with E-state index >= 15 is 0 Å². The number of alkyl halides is 3. The van der Waals surface area contributed by atoms with E-state index < -0.39 is 35.9 Å². The highest BCUT2D eigenvalue weighted by Crippen LogP contribution is 2.30. The molecule has 2 heterocycles. The first kappa shape index (κ1) is 27.3. The van der Waals surface area contributed by atoms with Crippen LogP contribution in [0.15, 0.2) is 24.3 Å². The van der Waals surface area contributed by atoms with E-state index in [4.69, 9.17) is 21.5 Å². The molecule has 0 spiro atoms. The number of amides is 2. The van der Waals surface area contributed by atoms with Crippen molar-refractivity contribution in [3.8, 4) is 0 Å². The second kappa shape index (κ2) is 11.6. The molecule has 14 heteroatoms. The molecule has 2 saturated heterocycles. The van der Waals surface area contributed by atoms with Gasteiger partial charge in [-0.3, -0.25) is 25.1 Å². The third-order valence-electron chi connectivity index (χ3n) is 6.17. The summed E-state index contributed by atoms with van der Waals surface area (Å²) in [6.45, 7) is 1.85. The van der Waals surface area contributed by atoms with E-state index in [1.54, 1.807) is 4.90 Å². The number of ether oxygens (including phenoxy) is 1. The van der Waals surface area contributed by atoms with Crippen LogP contribution in [0.1, 0.15) is 28.4 Å². The number of hydrogen-bond donors (Lipinski definition) is 6. The van der Waals surface area contributed by atoms with Crippen molar-refractivity contribution in [1.82, 2.24) is 20.9 Å². The zero-order valence-electron chi connectivity index (χ0n) is 19.0. The van der Waals surface area contributed by atoms with Crippen molar-refractivity contribution in [1.29, 1.82) is 0 Å². The molecule has 2 aliphatic heterocycles.